The fraction of sp³-hybridized carbons (Fsp3) is 0.538. The highest BCUT2D eigenvalue weighted by atomic mass is 35.5. The molecule has 1 amide bonds. The molecule has 98 valence electrons. The molecule has 4 nitrogen and oxygen atoms in total. The number of likely N-dealkylation sites (tertiary alicyclic amines) is 1. The van der Waals surface area contributed by atoms with Crippen LogP contribution in [0.1, 0.15) is 36.0 Å². The molecule has 1 aliphatic rings. The van der Waals surface area contributed by atoms with Crippen molar-refractivity contribution in [3.8, 4) is 0 Å². The van der Waals surface area contributed by atoms with Gasteiger partial charge >= 0.3 is 0 Å². The Hall–Kier alpha value is -1.29. The number of hydrogen-bond acceptors (Lipinski definition) is 2. The fourth-order valence-electron chi connectivity index (χ4n) is 2.34. The number of hydrogen-bond donors (Lipinski definition) is 1. The SMILES string of the molecule is O=C(c1c[nH]ccc1=O)N1CCCCCC1CCl. The lowest BCUT2D eigenvalue weighted by Gasteiger charge is -2.28. The van der Waals surface area contributed by atoms with Gasteiger partial charge in [0.15, 0.2) is 5.43 Å². The molecule has 0 spiro atoms. The molecule has 1 N–H and O–H groups in total. The van der Waals surface area contributed by atoms with Crippen LogP contribution in [-0.2, 0) is 0 Å². The summed E-state index contributed by atoms with van der Waals surface area (Å²) in [4.78, 5) is 28.6. The molecular formula is C13H17ClN2O2. The maximum Gasteiger partial charge on any atom is 0.259 e. The average molecular weight is 269 g/mol. The Morgan fingerprint density at radius 2 is 2.28 bits per heavy atom. The van der Waals surface area contributed by atoms with Gasteiger partial charge in [-0.1, -0.05) is 12.8 Å². The van der Waals surface area contributed by atoms with Gasteiger partial charge in [-0.2, -0.15) is 0 Å². The second-order valence-electron chi connectivity index (χ2n) is 4.58. The molecule has 1 saturated heterocycles. The van der Waals surface area contributed by atoms with E-state index in [1.807, 2.05) is 0 Å². The van der Waals surface area contributed by atoms with Crippen LogP contribution in [0.15, 0.2) is 23.3 Å². The third-order valence-electron chi connectivity index (χ3n) is 3.37. The summed E-state index contributed by atoms with van der Waals surface area (Å²) in [7, 11) is 0. The molecular weight excluding hydrogens is 252 g/mol. The lowest BCUT2D eigenvalue weighted by Crippen LogP contribution is -2.42. The molecule has 1 fully saturated rings. The molecule has 18 heavy (non-hydrogen) atoms. The topological polar surface area (TPSA) is 53.2 Å². The molecule has 1 aromatic heterocycles. The van der Waals surface area contributed by atoms with Crippen LogP contribution in [-0.4, -0.2) is 34.3 Å². The summed E-state index contributed by atoms with van der Waals surface area (Å²) in [5.41, 5.74) is -0.0363. The zero-order valence-electron chi connectivity index (χ0n) is 10.2. The minimum Gasteiger partial charge on any atom is -0.367 e. The van der Waals surface area contributed by atoms with Gasteiger partial charge in [-0.3, -0.25) is 9.59 Å². The molecule has 5 heteroatoms. The maximum absolute atomic E-state index is 12.4. The van der Waals surface area contributed by atoms with E-state index in [4.69, 9.17) is 11.6 Å². The lowest BCUT2D eigenvalue weighted by atomic mass is 10.1. The van der Waals surface area contributed by atoms with Crippen LogP contribution in [0.3, 0.4) is 0 Å². The van der Waals surface area contributed by atoms with Crippen LogP contribution in [0.4, 0.5) is 0 Å². The third kappa shape index (κ3) is 2.75. The van der Waals surface area contributed by atoms with Crippen LogP contribution >= 0.6 is 11.6 Å². The predicted octanol–water partition coefficient (Wildman–Crippen LogP) is 2.00. The third-order valence-corrected chi connectivity index (χ3v) is 3.73. The first-order valence-corrected chi connectivity index (χ1v) is 6.81. The summed E-state index contributed by atoms with van der Waals surface area (Å²) < 4.78 is 0. The van der Waals surface area contributed by atoms with Crippen molar-refractivity contribution in [3.05, 3.63) is 34.2 Å². The number of carbonyl (C=O) groups excluding carboxylic acids is 1. The van der Waals surface area contributed by atoms with E-state index < -0.39 is 0 Å². The van der Waals surface area contributed by atoms with Gasteiger partial charge in [0.1, 0.15) is 5.56 Å². The minimum absolute atomic E-state index is 0.0428. The summed E-state index contributed by atoms with van der Waals surface area (Å²) >= 11 is 5.94. The van der Waals surface area contributed by atoms with Crippen LogP contribution in [0.25, 0.3) is 0 Å². The Labute approximate surface area is 111 Å². The molecule has 1 aromatic rings. The van der Waals surface area contributed by atoms with Crippen LogP contribution < -0.4 is 5.43 Å². The van der Waals surface area contributed by atoms with Gasteiger partial charge in [0.05, 0.1) is 0 Å². The molecule has 0 radical (unpaired) electrons. The van der Waals surface area contributed by atoms with Crippen molar-refractivity contribution in [1.29, 1.82) is 0 Å². The van der Waals surface area contributed by atoms with Crippen LogP contribution in [0.2, 0.25) is 0 Å². The number of alkyl halides is 1. The number of halogens is 1. The summed E-state index contributed by atoms with van der Waals surface area (Å²) in [5, 5.41) is 0. The van der Waals surface area contributed by atoms with Crippen LogP contribution in [0.5, 0.6) is 0 Å². The van der Waals surface area contributed by atoms with E-state index in [9.17, 15) is 9.59 Å². The first kappa shape index (κ1) is 13.1. The Kier molecular flexibility index (Phi) is 4.42. The van der Waals surface area contributed by atoms with Crippen molar-refractivity contribution in [2.45, 2.75) is 31.7 Å². The fourth-order valence-corrected chi connectivity index (χ4v) is 2.66. The molecule has 1 unspecified atom stereocenters. The van der Waals surface area contributed by atoms with E-state index in [-0.39, 0.29) is 22.9 Å². The first-order valence-electron chi connectivity index (χ1n) is 6.28. The zero-order valence-corrected chi connectivity index (χ0v) is 10.9. The van der Waals surface area contributed by atoms with Gasteiger partial charge in [-0.05, 0) is 12.8 Å². The Bertz CT molecular complexity index is 472. The Balaban J connectivity index is 2.26. The molecule has 0 aromatic carbocycles. The van der Waals surface area contributed by atoms with Gasteiger partial charge in [-0.15, -0.1) is 11.6 Å². The number of amides is 1. The largest absolute Gasteiger partial charge is 0.367 e. The molecule has 2 rings (SSSR count). The second-order valence-corrected chi connectivity index (χ2v) is 4.89. The number of pyridine rings is 1. The van der Waals surface area contributed by atoms with E-state index in [1.54, 1.807) is 4.90 Å². The van der Waals surface area contributed by atoms with Crippen LogP contribution in [0, 0.1) is 0 Å². The highest BCUT2D eigenvalue weighted by Gasteiger charge is 2.26. The van der Waals surface area contributed by atoms with Gasteiger partial charge < -0.3 is 9.88 Å². The number of rotatable bonds is 2. The number of H-pyrrole nitrogens is 1. The van der Waals surface area contributed by atoms with E-state index >= 15 is 0 Å². The van der Waals surface area contributed by atoms with E-state index in [1.165, 1.54) is 18.5 Å². The van der Waals surface area contributed by atoms with Gasteiger partial charge in [0, 0.05) is 36.9 Å². The molecule has 0 aliphatic carbocycles. The molecule has 0 bridgehead atoms. The van der Waals surface area contributed by atoms with E-state index in [0.29, 0.717) is 12.4 Å². The van der Waals surface area contributed by atoms with E-state index in [0.717, 1.165) is 25.7 Å². The second kappa shape index (κ2) is 6.05. The standard InChI is InChI=1S/C13H17ClN2O2/c14-8-10-4-2-1-3-7-16(10)13(18)11-9-15-6-5-12(11)17/h5-6,9-10H,1-4,7-8H2,(H,15,17). The summed E-state index contributed by atoms with van der Waals surface area (Å²) in [6.45, 7) is 0.685. The summed E-state index contributed by atoms with van der Waals surface area (Å²) in [6.07, 6.45) is 7.10. The smallest absolute Gasteiger partial charge is 0.259 e. The first-order chi connectivity index (χ1) is 8.74. The lowest BCUT2D eigenvalue weighted by molar-refractivity contribution is 0.0698. The molecule has 0 saturated carbocycles. The Morgan fingerprint density at radius 1 is 1.44 bits per heavy atom. The van der Waals surface area contributed by atoms with E-state index in [2.05, 4.69) is 4.98 Å². The van der Waals surface area contributed by atoms with Crippen molar-refractivity contribution in [1.82, 2.24) is 9.88 Å². The number of carbonyl (C=O) groups is 1. The maximum atomic E-state index is 12.4. The minimum atomic E-state index is -0.240. The van der Waals surface area contributed by atoms with Crippen molar-refractivity contribution in [3.63, 3.8) is 0 Å². The number of nitrogens with one attached hydrogen (secondary N) is 1. The molecule has 1 aliphatic heterocycles. The number of nitrogens with zero attached hydrogens (tertiary/aromatic N) is 1. The molecule has 1 atom stereocenters. The monoisotopic (exact) mass is 268 g/mol. The highest BCUT2D eigenvalue weighted by molar-refractivity contribution is 6.18. The quantitative estimate of drug-likeness (QED) is 0.834. The summed E-state index contributed by atoms with van der Waals surface area (Å²) in [5.74, 6) is 0.223. The van der Waals surface area contributed by atoms with Crippen molar-refractivity contribution < 1.29 is 4.79 Å². The number of aromatic amines is 1. The Morgan fingerprint density at radius 3 is 3.00 bits per heavy atom. The average Bonchev–Trinajstić information content (AvgIpc) is 2.63. The molecule has 2 heterocycles. The van der Waals surface area contributed by atoms with Gasteiger partial charge in [-0.25, -0.2) is 0 Å². The number of aromatic nitrogens is 1. The zero-order chi connectivity index (χ0) is 13.0. The highest BCUT2D eigenvalue weighted by Crippen LogP contribution is 2.19. The normalized spacial score (nSPS) is 20.5. The van der Waals surface area contributed by atoms with Crippen molar-refractivity contribution in [2.24, 2.45) is 0 Å². The van der Waals surface area contributed by atoms with Crippen molar-refractivity contribution in [2.75, 3.05) is 12.4 Å². The summed E-state index contributed by atoms with van der Waals surface area (Å²) in [6, 6.07) is 1.42. The van der Waals surface area contributed by atoms with Crippen molar-refractivity contribution >= 4 is 17.5 Å². The predicted molar refractivity (Wildman–Crippen MR) is 71.1 cm³/mol. The van der Waals surface area contributed by atoms with Gasteiger partial charge in [0.25, 0.3) is 5.91 Å². The van der Waals surface area contributed by atoms with Gasteiger partial charge in [0.2, 0.25) is 0 Å².